The Hall–Kier alpha value is -0.370. The highest BCUT2D eigenvalue weighted by Gasteiger charge is 2.17. The van der Waals surface area contributed by atoms with Crippen LogP contribution in [0.4, 0.5) is 0 Å². The molecule has 0 bridgehead atoms. The van der Waals surface area contributed by atoms with Crippen LogP contribution < -0.4 is 10.5 Å². The van der Waals surface area contributed by atoms with Gasteiger partial charge in [0.15, 0.2) is 4.67 Å². The fourth-order valence-corrected chi connectivity index (χ4v) is 2.49. The molecule has 0 spiro atoms. The Morgan fingerprint density at radius 3 is 2.71 bits per heavy atom. The summed E-state index contributed by atoms with van der Waals surface area (Å²) in [7, 11) is -3.71. The predicted octanol–water partition coefficient (Wildman–Crippen LogP) is 0.799. The van der Waals surface area contributed by atoms with Gasteiger partial charge in [-0.15, -0.1) is 0 Å². The lowest BCUT2D eigenvalue weighted by molar-refractivity contribution is 0.464. The first-order valence-electron chi connectivity index (χ1n) is 3.97. The molecule has 0 amide bonds. The molecule has 0 radical (unpaired) electrons. The van der Waals surface area contributed by atoms with E-state index in [1.165, 1.54) is 6.07 Å². The van der Waals surface area contributed by atoms with Crippen molar-refractivity contribution in [3.63, 3.8) is 0 Å². The average molecular weight is 283 g/mol. The van der Waals surface area contributed by atoms with Gasteiger partial charge in [0.2, 0.25) is 10.0 Å². The molecule has 5 nitrogen and oxygen atoms in total. The summed E-state index contributed by atoms with van der Waals surface area (Å²) in [6, 6.07) is 1.40. The Bertz CT molecular complexity index is 413. The Labute approximate surface area is 90.8 Å². The first-order valence-corrected chi connectivity index (χ1v) is 6.30. The van der Waals surface area contributed by atoms with Crippen molar-refractivity contribution in [2.75, 3.05) is 6.54 Å². The van der Waals surface area contributed by atoms with E-state index >= 15 is 0 Å². The number of sulfonamides is 1. The average Bonchev–Trinajstić information content (AvgIpc) is 2.42. The maximum absolute atomic E-state index is 11.0. The lowest BCUT2D eigenvalue weighted by Gasteiger charge is -1.94. The minimum absolute atomic E-state index is 0.0228. The van der Waals surface area contributed by atoms with Gasteiger partial charge in [0, 0.05) is 6.07 Å². The summed E-state index contributed by atoms with van der Waals surface area (Å²) in [6.07, 6.45) is 0. The highest BCUT2D eigenvalue weighted by Crippen LogP contribution is 2.24. The molecule has 0 aliphatic rings. The van der Waals surface area contributed by atoms with Crippen molar-refractivity contribution >= 4 is 26.0 Å². The summed E-state index contributed by atoms with van der Waals surface area (Å²) >= 11 is 2.99. The molecule has 0 atom stereocenters. The van der Waals surface area contributed by atoms with Crippen molar-refractivity contribution in [1.29, 1.82) is 0 Å². The molecule has 14 heavy (non-hydrogen) atoms. The maximum Gasteiger partial charge on any atom is 0.242 e. The quantitative estimate of drug-likeness (QED) is 0.855. The second-order valence-corrected chi connectivity index (χ2v) is 4.93. The zero-order chi connectivity index (χ0) is 10.8. The van der Waals surface area contributed by atoms with Crippen LogP contribution in [0.15, 0.2) is 20.0 Å². The molecule has 0 fully saturated rings. The van der Waals surface area contributed by atoms with Crippen LogP contribution in [0.1, 0.15) is 12.7 Å². The molecular weight excluding hydrogens is 272 g/mol. The molecule has 7 heteroatoms. The zero-order valence-corrected chi connectivity index (χ0v) is 9.98. The molecule has 1 aromatic rings. The van der Waals surface area contributed by atoms with E-state index in [0.717, 1.165) is 6.54 Å². The van der Waals surface area contributed by atoms with E-state index in [-0.39, 0.29) is 9.56 Å². The van der Waals surface area contributed by atoms with E-state index in [9.17, 15) is 8.42 Å². The Balaban J connectivity index is 2.94. The van der Waals surface area contributed by atoms with Crippen molar-refractivity contribution in [2.24, 2.45) is 5.14 Å². The molecule has 0 aromatic carbocycles. The predicted molar refractivity (Wildman–Crippen MR) is 55.2 cm³/mol. The van der Waals surface area contributed by atoms with Gasteiger partial charge in [-0.25, -0.2) is 13.6 Å². The lowest BCUT2D eigenvalue weighted by atomic mass is 10.4. The van der Waals surface area contributed by atoms with Crippen LogP contribution in [0.25, 0.3) is 0 Å². The van der Waals surface area contributed by atoms with Gasteiger partial charge in [0.1, 0.15) is 10.7 Å². The molecule has 1 aromatic heterocycles. The molecule has 80 valence electrons. The van der Waals surface area contributed by atoms with Crippen molar-refractivity contribution in [2.45, 2.75) is 18.4 Å². The molecule has 0 saturated carbocycles. The second kappa shape index (κ2) is 4.43. The van der Waals surface area contributed by atoms with Crippen LogP contribution >= 0.6 is 15.9 Å². The fourth-order valence-electron chi connectivity index (χ4n) is 0.927. The van der Waals surface area contributed by atoms with Gasteiger partial charge in [0.05, 0.1) is 6.54 Å². The molecular formula is C7H11BrN2O3S. The minimum Gasteiger partial charge on any atom is -0.452 e. The molecule has 1 heterocycles. The highest BCUT2D eigenvalue weighted by molar-refractivity contribution is 9.10. The number of hydrogen-bond acceptors (Lipinski definition) is 4. The summed E-state index contributed by atoms with van der Waals surface area (Å²) < 4.78 is 27.3. The van der Waals surface area contributed by atoms with Crippen LogP contribution in [-0.2, 0) is 16.6 Å². The van der Waals surface area contributed by atoms with Crippen molar-refractivity contribution in [3.8, 4) is 0 Å². The van der Waals surface area contributed by atoms with Gasteiger partial charge in [-0.05, 0) is 22.5 Å². The maximum atomic E-state index is 11.0. The Morgan fingerprint density at radius 2 is 2.29 bits per heavy atom. The molecule has 0 aliphatic heterocycles. The third-order valence-electron chi connectivity index (χ3n) is 1.56. The van der Waals surface area contributed by atoms with Gasteiger partial charge in [-0.1, -0.05) is 6.92 Å². The Kier molecular flexibility index (Phi) is 3.71. The summed E-state index contributed by atoms with van der Waals surface area (Å²) in [5.41, 5.74) is 0. The first kappa shape index (κ1) is 11.7. The first-order chi connectivity index (χ1) is 6.45. The number of furan rings is 1. The summed E-state index contributed by atoms with van der Waals surface area (Å²) in [4.78, 5) is -0.0228. The van der Waals surface area contributed by atoms with Crippen LogP contribution in [0, 0.1) is 0 Å². The lowest BCUT2D eigenvalue weighted by Crippen LogP contribution is -2.12. The Morgan fingerprint density at radius 1 is 1.64 bits per heavy atom. The highest BCUT2D eigenvalue weighted by atomic mass is 79.9. The van der Waals surface area contributed by atoms with Gasteiger partial charge >= 0.3 is 0 Å². The SMILES string of the molecule is CCNCc1cc(S(N)(=O)=O)c(Br)o1. The number of primary sulfonamides is 1. The zero-order valence-electron chi connectivity index (χ0n) is 7.58. The van der Waals surface area contributed by atoms with E-state index in [2.05, 4.69) is 21.2 Å². The van der Waals surface area contributed by atoms with E-state index < -0.39 is 10.0 Å². The van der Waals surface area contributed by atoms with Crippen molar-refractivity contribution in [1.82, 2.24) is 5.32 Å². The summed E-state index contributed by atoms with van der Waals surface area (Å²) in [5, 5.41) is 7.97. The van der Waals surface area contributed by atoms with E-state index in [0.29, 0.717) is 12.3 Å². The standard InChI is InChI=1S/C7H11BrN2O3S/c1-2-10-4-5-3-6(7(8)13-5)14(9,11)12/h3,10H,2,4H2,1H3,(H2,9,11,12). The number of nitrogens with one attached hydrogen (secondary N) is 1. The normalized spacial score (nSPS) is 11.9. The van der Waals surface area contributed by atoms with Gasteiger partial charge in [-0.2, -0.15) is 0 Å². The van der Waals surface area contributed by atoms with Crippen LogP contribution in [0.3, 0.4) is 0 Å². The second-order valence-electron chi connectivity index (χ2n) is 2.68. The molecule has 0 unspecified atom stereocenters. The fraction of sp³-hybridized carbons (Fsp3) is 0.429. The van der Waals surface area contributed by atoms with Crippen LogP contribution in [0.5, 0.6) is 0 Å². The minimum atomic E-state index is -3.71. The van der Waals surface area contributed by atoms with Crippen LogP contribution in [0.2, 0.25) is 0 Å². The molecule has 1 rings (SSSR count). The van der Waals surface area contributed by atoms with E-state index in [4.69, 9.17) is 9.56 Å². The topological polar surface area (TPSA) is 85.3 Å². The van der Waals surface area contributed by atoms with Crippen molar-refractivity contribution in [3.05, 3.63) is 16.5 Å². The summed E-state index contributed by atoms with van der Waals surface area (Å²) in [6.45, 7) is 3.20. The number of rotatable bonds is 4. The number of nitrogens with two attached hydrogens (primary N) is 1. The number of hydrogen-bond donors (Lipinski definition) is 2. The van der Waals surface area contributed by atoms with Gasteiger partial charge in [0.25, 0.3) is 0 Å². The third kappa shape index (κ3) is 2.81. The van der Waals surface area contributed by atoms with Gasteiger partial charge < -0.3 is 9.73 Å². The monoisotopic (exact) mass is 282 g/mol. The van der Waals surface area contributed by atoms with E-state index in [1.807, 2.05) is 6.92 Å². The van der Waals surface area contributed by atoms with E-state index in [1.54, 1.807) is 0 Å². The van der Waals surface area contributed by atoms with Crippen LogP contribution in [-0.4, -0.2) is 15.0 Å². The van der Waals surface area contributed by atoms with Gasteiger partial charge in [-0.3, -0.25) is 0 Å². The largest absolute Gasteiger partial charge is 0.452 e. The van der Waals surface area contributed by atoms with Crippen molar-refractivity contribution < 1.29 is 12.8 Å². The smallest absolute Gasteiger partial charge is 0.242 e. The molecule has 3 N–H and O–H groups in total. The summed E-state index contributed by atoms with van der Waals surface area (Å²) in [5.74, 6) is 0.530. The number of halogens is 1. The third-order valence-corrected chi connectivity index (χ3v) is 3.33. The molecule has 0 aliphatic carbocycles. The molecule has 0 saturated heterocycles.